The molecular weight excluding hydrogens is 422 g/mol. The van der Waals surface area contributed by atoms with Gasteiger partial charge in [0.05, 0.1) is 18.9 Å². The number of fused-ring (bicyclic) bond motifs is 3. The first-order valence-corrected chi connectivity index (χ1v) is 11.2. The van der Waals surface area contributed by atoms with Gasteiger partial charge in [0.15, 0.2) is 23.1 Å². The Labute approximate surface area is 191 Å². The molecule has 1 aromatic rings. The molecular formula is C26H25NO6. The number of ether oxygens (including phenoxy) is 1. The molecule has 1 heterocycles. The Hall–Kier alpha value is -3.48. The monoisotopic (exact) mass is 447 g/mol. The summed E-state index contributed by atoms with van der Waals surface area (Å²) >= 11 is 0. The Kier molecular flexibility index (Phi) is 4.88. The second-order valence-corrected chi connectivity index (χ2v) is 9.08. The Bertz CT molecular complexity index is 1220. The van der Waals surface area contributed by atoms with Crippen molar-refractivity contribution >= 4 is 23.4 Å². The number of hydrogen-bond acceptors (Lipinski definition) is 6. The summed E-state index contributed by atoms with van der Waals surface area (Å²) in [5.41, 5.74) is 2.81. The standard InChI is InChI=1S/C26H25NO6/c1-4-27-25(31)15-7-6-14-16(22(15)26(27)32)11-17-19(29)9-12(2)24(30)23(17)21(14)13-5-8-18(28)20(10-13)33-3/h5-6,8-10,15-16,21-22,28H,4,7,11H2,1-3H3. The van der Waals surface area contributed by atoms with Crippen molar-refractivity contribution in [2.24, 2.45) is 17.8 Å². The molecule has 7 nitrogen and oxygen atoms in total. The number of nitrogens with zero attached hydrogens (tertiary/aromatic N) is 1. The number of carbonyl (C=O) groups is 4. The van der Waals surface area contributed by atoms with Gasteiger partial charge in [-0.15, -0.1) is 0 Å². The molecule has 33 heavy (non-hydrogen) atoms. The van der Waals surface area contributed by atoms with E-state index in [9.17, 15) is 24.3 Å². The van der Waals surface area contributed by atoms with Crippen molar-refractivity contribution in [3.8, 4) is 11.5 Å². The summed E-state index contributed by atoms with van der Waals surface area (Å²) in [4.78, 5) is 53.7. The van der Waals surface area contributed by atoms with E-state index in [0.29, 0.717) is 35.2 Å². The normalized spacial score (nSPS) is 28.9. The third-order valence-corrected chi connectivity index (χ3v) is 7.51. The molecule has 0 radical (unpaired) electrons. The number of amides is 2. The Morgan fingerprint density at radius 2 is 1.88 bits per heavy atom. The number of Topliss-reactive ketones (excluding diaryl/α,β-unsaturated/α-hetero) is 1. The number of phenolic OH excluding ortho intramolecular Hbond substituents is 1. The minimum Gasteiger partial charge on any atom is -0.504 e. The largest absolute Gasteiger partial charge is 0.504 e. The van der Waals surface area contributed by atoms with Crippen LogP contribution in [0.4, 0.5) is 0 Å². The maximum absolute atomic E-state index is 13.3. The van der Waals surface area contributed by atoms with Gasteiger partial charge < -0.3 is 9.84 Å². The van der Waals surface area contributed by atoms with Crippen LogP contribution >= 0.6 is 0 Å². The molecule has 1 saturated heterocycles. The highest BCUT2D eigenvalue weighted by Gasteiger charge is 2.55. The fourth-order valence-corrected chi connectivity index (χ4v) is 5.99. The molecule has 1 aromatic carbocycles. The van der Waals surface area contributed by atoms with Crippen LogP contribution in [0.2, 0.25) is 0 Å². The predicted molar refractivity (Wildman–Crippen MR) is 118 cm³/mol. The molecule has 170 valence electrons. The topological polar surface area (TPSA) is 101 Å². The number of rotatable bonds is 3. The van der Waals surface area contributed by atoms with Crippen molar-refractivity contribution < 1.29 is 29.0 Å². The lowest BCUT2D eigenvalue weighted by molar-refractivity contribution is -0.139. The van der Waals surface area contributed by atoms with Gasteiger partial charge >= 0.3 is 0 Å². The van der Waals surface area contributed by atoms with Crippen molar-refractivity contribution in [1.82, 2.24) is 4.90 Å². The minimum atomic E-state index is -0.548. The smallest absolute Gasteiger partial charge is 0.233 e. The van der Waals surface area contributed by atoms with Crippen molar-refractivity contribution in [1.29, 1.82) is 0 Å². The molecule has 5 rings (SSSR count). The zero-order valence-electron chi connectivity index (χ0n) is 18.8. The van der Waals surface area contributed by atoms with Gasteiger partial charge in [-0.2, -0.15) is 0 Å². The van der Waals surface area contributed by atoms with Gasteiger partial charge in [-0.1, -0.05) is 17.7 Å². The highest BCUT2D eigenvalue weighted by atomic mass is 16.5. The zero-order chi connectivity index (χ0) is 23.6. The average molecular weight is 447 g/mol. The summed E-state index contributed by atoms with van der Waals surface area (Å²) in [6, 6.07) is 4.89. The van der Waals surface area contributed by atoms with Crippen molar-refractivity contribution in [3.05, 3.63) is 58.2 Å². The van der Waals surface area contributed by atoms with E-state index in [2.05, 4.69) is 0 Å². The van der Waals surface area contributed by atoms with Crippen molar-refractivity contribution in [2.75, 3.05) is 13.7 Å². The predicted octanol–water partition coefficient (Wildman–Crippen LogP) is 2.85. The van der Waals surface area contributed by atoms with Gasteiger partial charge in [0.25, 0.3) is 0 Å². The number of allylic oxidation sites excluding steroid dienone is 6. The maximum Gasteiger partial charge on any atom is 0.233 e. The van der Waals surface area contributed by atoms with Crippen LogP contribution in [0.15, 0.2) is 52.6 Å². The van der Waals surface area contributed by atoms with Gasteiger partial charge in [-0.05, 0) is 56.4 Å². The van der Waals surface area contributed by atoms with Crippen LogP contribution in [0.1, 0.15) is 38.2 Å². The Morgan fingerprint density at radius 1 is 1.12 bits per heavy atom. The molecule has 4 unspecified atom stereocenters. The number of methoxy groups -OCH3 is 1. The van der Waals surface area contributed by atoms with E-state index in [-0.39, 0.29) is 47.2 Å². The van der Waals surface area contributed by atoms with Crippen LogP contribution in [-0.4, -0.2) is 47.0 Å². The molecule has 0 spiro atoms. The van der Waals surface area contributed by atoms with Gasteiger partial charge in [0.2, 0.25) is 11.8 Å². The zero-order valence-corrected chi connectivity index (χ0v) is 18.8. The lowest BCUT2D eigenvalue weighted by Crippen LogP contribution is -2.39. The summed E-state index contributed by atoms with van der Waals surface area (Å²) in [6.07, 6.45) is 4.03. The SMILES string of the molecule is CCN1C(=O)C2CC=C3C(c4ccc(O)c(OC)c4)C4=C(CC3C2C1=O)C(=O)C=C(C)C4=O. The molecule has 1 N–H and O–H groups in total. The lowest BCUT2D eigenvalue weighted by atomic mass is 9.59. The second kappa shape index (κ2) is 7.54. The second-order valence-electron chi connectivity index (χ2n) is 9.08. The molecule has 1 aliphatic heterocycles. The average Bonchev–Trinajstić information content (AvgIpc) is 3.06. The van der Waals surface area contributed by atoms with E-state index in [1.165, 1.54) is 24.2 Å². The highest BCUT2D eigenvalue weighted by Crippen LogP contribution is 2.55. The summed E-state index contributed by atoms with van der Waals surface area (Å²) in [6.45, 7) is 3.73. The van der Waals surface area contributed by atoms with E-state index in [1.54, 1.807) is 26.0 Å². The van der Waals surface area contributed by atoms with E-state index in [4.69, 9.17) is 4.74 Å². The fraction of sp³-hybridized carbons (Fsp3) is 0.385. The first kappa shape index (κ1) is 21.4. The molecule has 3 aliphatic carbocycles. The van der Waals surface area contributed by atoms with Crippen molar-refractivity contribution in [2.45, 2.75) is 32.6 Å². The van der Waals surface area contributed by atoms with Crippen LogP contribution in [0.5, 0.6) is 11.5 Å². The van der Waals surface area contributed by atoms with Crippen LogP contribution in [-0.2, 0) is 19.2 Å². The van der Waals surface area contributed by atoms with Gasteiger partial charge in [0, 0.05) is 29.2 Å². The first-order valence-electron chi connectivity index (χ1n) is 11.2. The molecule has 2 amide bonds. The number of likely N-dealkylation sites (tertiary alicyclic amines) is 1. The Morgan fingerprint density at radius 3 is 2.58 bits per heavy atom. The van der Waals surface area contributed by atoms with Crippen LogP contribution in [0.3, 0.4) is 0 Å². The lowest BCUT2D eigenvalue weighted by Gasteiger charge is -2.42. The number of carbonyl (C=O) groups excluding carboxylic acids is 4. The summed E-state index contributed by atoms with van der Waals surface area (Å²) in [7, 11) is 1.45. The number of phenols is 1. The first-order chi connectivity index (χ1) is 15.8. The third-order valence-electron chi connectivity index (χ3n) is 7.51. The van der Waals surface area contributed by atoms with Crippen LogP contribution < -0.4 is 4.74 Å². The fourth-order valence-electron chi connectivity index (χ4n) is 5.99. The quantitative estimate of drug-likeness (QED) is 0.434. The molecule has 4 atom stereocenters. The number of aromatic hydroxyl groups is 1. The van der Waals surface area contributed by atoms with Crippen LogP contribution in [0, 0.1) is 17.8 Å². The number of ketones is 2. The summed E-state index contributed by atoms with van der Waals surface area (Å²) in [5.74, 6) is -2.40. The molecule has 0 bridgehead atoms. The van der Waals surface area contributed by atoms with E-state index in [1.807, 2.05) is 6.08 Å². The van der Waals surface area contributed by atoms with E-state index >= 15 is 0 Å². The van der Waals surface area contributed by atoms with E-state index < -0.39 is 17.8 Å². The van der Waals surface area contributed by atoms with Crippen molar-refractivity contribution in [3.63, 3.8) is 0 Å². The molecule has 0 aromatic heterocycles. The highest BCUT2D eigenvalue weighted by molar-refractivity contribution is 6.23. The van der Waals surface area contributed by atoms with Gasteiger partial charge in [-0.3, -0.25) is 24.1 Å². The van der Waals surface area contributed by atoms with Crippen LogP contribution in [0.25, 0.3) is 0 Å². The number of imide groups is 1. The molecule has 4 aliphatic rings. The van der Waals surface area contributed by atoms with Gasteiger partial charge in [-0.25, -0.2) is 0 Å². The number of benzene rings is 1. The molecule has 7 heteroatoms. The minimum absolute atomic E-state index is 0.0298. The summed E-state index contributed by atoms with van der Waals surface area (Å²) in [5, 5.41) is 10.1. The molecule has 0 saturated carbocycles. The molecule has 1 fully saturated rings. The van der Waals surface area contributed by atoms with Gasteiger partial charge in [0.1, 0.15) is 0 Å². The van der Waals surface area contributed by atoms with E-state index in [0.717, 1.165) is 5.57 Å². The summed E-state index contributed by atoms with van der Waals surface area (Å²) < 4.78 is 5.29. The number of hydrogen-bond donors (Lipinski definition) is 1. The third kappa shape index (κ3) is 2.95. The Balaban J connectivity index is 1.71. The maximum atomic E-state index is 13.3.